The van der Waals surface area contributed by atoms with Gasteiger partial charge in [-0.25, -0.2) is 4.39 Å². The molecule has 0 fully saturated rings. The Morgan fingerprint density at radius 3 is 3.36 bits per heavy atom. The molecule has 1 nitrogen and oxygen atoms in total. The van der Waals surface area contributed by atoms with Crippen molar-refractivity contribution in [3.63, 3.8) is 0 Å². The van der Waals surface area contributed by atoms with Crippen LogP contribution < -0.4 is 4.74 Å². The third-order valence-electron chi connectivity index (χ3n) is 1.05. The topological polar surface area (TPSA) is 9.23 Å². The van der Waals surface area contributed by atoms with Gasteiger partial charge in [0.15, 0.2) is 11.6 Å². The van der Waals surface area contributed by atoms with Gasteiger partial charge in [0.2, 0.25) is 0 Å². The molecule has 3 heteroatoms. The Labute approximate surface area is 80.3 Å². The fourth-order valence-corrected chi connectivity index (χ4v) is 0.950. The van der Waals surface area contributed by atoms with Crippen LogP contribution >= 0.6 is 15.9 Å². The van der Waals surface area contributed by atoms with Crippen molar-refractivity contribution in [1.29, 1.82) is 0 Å². The summed E-state index contributed by atoms with van der Waals surface area (Å²) in [7, 11) is 0. The van der Waals surface area contributed by atoms with Crippen LogP contribution in [0.4, 0.5) is 4.39 Å². The van der Waals surface area contributed by atoms with Gasteiger partial charge >= 0.3 is 0 Å². The lowest BCUT2D eigenvalue weighted by Gasteiger charge is -2.03. The normalized spacial score (nSPS) is 18.9. The highest BCUT2D eigenvalue weighted by atomic mass is 79.9. The molecule has 0 radical (unpaired) electrons. The molecule has 0 aliphatic heterocycles. The summed E-state index contributed by atoms with van der Waals surface area (Å²) in [5.74, 6) is -1.27. The highest BCUT2D eigenvalue weighted by Crippen LogP contribution is 2.21. The van der Waals surface area contributed by atoms with E-state index in [2.05, 4.69) is 20.7 Å². The van der Waals surface area contributed by atoms with Gasteiger partial charge in [0, 0.05) is 8.58 Å². The van der Waals surface area contributed by atoms with Crippen LogP contribution in [0.3, 0.4) is 0 Å². The van der Waals surface area contributed by atoms with Gasteiger partial charge in [0.05, 0.1) is 9.30 Å². The smallest absolute Gasteiger partial charge is 0.165 e. The SMILES string of the molecule is [2H]C([2H])([2H])C([2H])([2H])Oc1cc(Br)ccc1F. The zero-order chi connectivity index (χ0) is 12.6. The third-order valence-corrected chi connectivity index (χ3v) is 1.55. The van der Waals surface area contributed by atoms with E-state index in [1.807, 2.05) is 0 Å². The first-order chi connectivity index (χ1) is 7.13. The van der Waals surface area contributed by atoms with Crippen LogP contribution in [-0.4, -0.2) is 6.56 Å². The fraction of sp³-hybridized carbons (Fsp3) is 0.250. The largest absolute Gasteiger partial charge is 0.491 e. The predicted molar refractivity (Wildman–Crippen MR) is 45.3 cm³/mol. The van der Waals surface area contributed by atoms with E-state index in [0.29, 0.717) is 4.47 Å². The average Bonchev–Trinajstić information content (AvgIpc) is 2.09. The van der Waals surface area contributed by atoms with Gasteiger partial charge in [-0.3, -0.25) is 0 Å². The Hall–Kier alpha value is -0.570. The van der Waals surface area contributed by atoms with E-state index >= 15 is 0 Å². The number of ether oxygens (including phenoxy) is 1. The lowest BCUT2D eigenvalue weighted by molar-refractivity contribution is 0.321. The van der Waals surface area contributed by atoms with Crippen LogP contribution in [0.2, 0.25) is 0 Å². The fourth-order valence-electron chi connectivity index (χ4n) is 0.610. The van der Waals surface area contributed by atoms with Crippen molar-refractivity contribution in [3.05, 3.63) is 28.5 Å². The van der Waals surface area contributed by atoms with Crippen LogP contribution in [0, 0.1) is 5.82 Å². The average molecular weight is 224 g/mol. The maximum atomic E-state index is 13.2. The van der Waals surface area contributed by atoms with Crippen molar-refractivity contribution in [2.24, 2.45) is 0 Å². The van der Waals surface area contributed by atoms with Crippen molar-refractivity contribution >= 4 is 15.9 Å². The molecule has 0 bridgehead atoms. The maximum Gasteiger partial charge on any atom is 0.165 e. The number of hydrogen-bond donors (Lipinski definition) is 0. The number of hydrogen-bond acceptors (Lipinski definition) is 1. The maximum absolute atomic E-state index is 13.2. The Morgan fingerprint density at radius 1 is 1.82 bits per heavy atom. The van der Waals surface area contributed by atoms with Crippen molar-refractivity contribution in [2.45, 2.75) is 6.85 Å². The van der Waals surface area contributed by atoms with E-state index in [0.717, 1.165) is 6.07 Å². The minimum atomic E-state index is -2.98. The molecule has 0 atom stereocenters. The molecule has 0 heterocycles. The van der Waals surface area contributed by atoms with Crippen LogP contribution in [0.15, 0.2) is 22.7 Å². The van der Waals surface area contributed by atoms with Crippen molar-refractivity contribution in [2.75, 3.05) is 6.56 Å². The van der Waals surface area contributed by atoms with E-state index in [1.54, 1.807) is 0 Å². The summed E-state index contributed by atoms with van der Waals surface area (Å²) in [6.07, 6.45) is 0. The van der Waals surface area contributed by atoms with Gasteiger partial charge in [-0.1, -0.05) is 15.9 Å². The minimum absolute atomic E-state index is 0.449. The number of rotatable bonds is 2. The minimum Gasteiger partial charge on any atom is -0.491 e. The molecule has 60 valence electrons. The monoisotopic (exact) mass is 223 g/mol. The second-order valence-electron chi connectivity index (χ2n) is 1.78. The van der Waals surface area contributed by atoms with E-state index in [-0.39, 0.29) is 0 Å². The van der Waals surface area contributed by atoms with E-state index in [4.69, 9.17) is 6.85 Å². The third kappa shape index (κ3) is 2.19. The van der Waals surface area contributed by atoms with Gasteiger partial charge in [0.1, 0.15) is 0 Å². The molecule has 0 amide bonds. The molecular formula is C8H8BrFO. The summed E-state index contributed by atoms with van der Waals surface area (Å²) in [4.78, 5) is 0. The molecule has 0 aromatic heterocycles. The summed E-state index contributed by atoms with van der Waals surface area (Å²) in [5.41, 5.74) is 0. The van der Waals surface area contributed by atoms with Gasteiger partial charge < -0.3 is 4.74 Å². The second kappa shape index (κ2) is 3.72. The van der Waals surface area contributed by atoms with Crippen LogP contribution in [0.25, 0.3) is 0 Å². The predicted octanol–water partition coefficient (Wildman–Crippen LogP) is 2.99. The van der Waals surface area contributed by atoms with Gasteiger partial charge in [-0.2, -0.15) is 0 Å². The molecule has 0 saturated carbocycles. The molecule has 0 aliphatic carbocycles. The first kappa shape index (κ1) is 3.90. The Balaban J connectivity index is 3.01. The second-order valence-corrected chi connectivity index (χ2v) is 2.69. The molecule has 1 aromatic carbocycles. The van der Waals surface area contributed by atoms with E-state index in [9.17, 15) is 4.39 Å². The zero-order valence-corrected chi connectivity index (χ0v) is 6.98. The van der Waals surface area contributed by atoms with E-state index in [1.165, 1.54) is 12.1 Å². The number of halogens is 2. The molecule has 0 unspecified atom stereocenters. The Morgan fingerprint density at radius 2 is 2.64 bits per heavy atom. The molecule has 0 N–H and O–H groups in total. The quantitative estimate of drug-likeness (QED) is 0.750. The molecule has 1 aromatic rings. The Bertz CT molecular complexity index is 393. The molecule has 0 spiro atoms. The van der Waals surface area contributed by atoms with Gasteiger partial charge in [-0.05, 0) is 25.1 Å². The van der Waals surface area contributed by atoms with Crippen LogP contribution in [-0.2, 0) is 0 Å². The molecule has 0 aliphatic rings. The van der Waals surface area contributed by atoms with Crippen LogP contribution in [0.5, 0.6) is 5.75 Å². The highest BCUT2D eigenvalue weighted by Gasteiger charge is 2.01. The summed E-state index contributed by atoms with van der Waals surface area (Å²) in [5, 5.41) is 0. The van der Waals surface area contributed by atoms with E-state index < -0.39 is 25.0 Å². The summed E-state index contributed by atoms with van der Waals surface area (Å²) >= 11 is 3.04. The summed E-state index contributed by atoms with van der Waals surface area (Å²) in [6, 6.07) is 3.61. The first-order valence-corrected chi connectivity index (χ1v) is 3.57. The van der Waals surface area contributed by atoms with Crippen molar-refractivity contribution < 1.29 is 16.0 Å². The molecule has 0 saturated heterocycles. The van der Waals surface area contributed by atoms with Gasteiger partial charge in [0.25, 0.3) is 0 Å². The zero-order valence-electron chi connectivity index (χ0n) is 10.4. The Kier molecular flexibility index (Phi) is 1.32. The molecule has 11 heavy (non-hydrogen) atoms. The van der Waals surface area contributed by atoms with Crippen molar-refractivity contribution in [1.82, 2.24) is 0 Å². The van der Waals surface area contributed by atoms with Crippen LogP contribution in [0.1, 0.15) is 13.7 Å². The molecular weight excluding hydrogens is 211 g/mol. The highest BCUT2D eigenvalue weighted by molar-refractivity contribution is 9.10. The standard InChI is InChI=1S/C8H8BrFO/c1-2-11-8-5-6(9)3-4-7(8)10/h3-5H,2H2,1H3/i1D3,2D2. The number of benzene rings is 1. The summed E-state index contributed by atoms with van der Waals surface area (Å²) < 4.78 is 53.3. The molecule has 1 rings (SSSR count). The lowest BCUT2D eigenvalue weighted by Crippen LogP contribution is -1.93. The lowest BCUT2D eigenvalue weighted by atomic mass is 10.3. The first-order valence-electron chi connectivity index (χ1n) is 5.27. The van der Waals surface area contributed by atoms with Gasteiger partial charge in [-0.15, -0.1) is 0 Å². The van der Waals surface area contributed by atoms with Crippen molar-refractivity contribution in [3.8, 4) is 5.75 Å². The summed E-state index contributed by atoms with van der Waals surface area (Å²) in [6.45, 7) is -5.92.